The standard InChI is InChI=1S/C20H25N5O2S.C4H9N/c1-10(15(27)9-26)8-11(2)22-19-17(12(3)23-14(5)24-19)20-25-18-13(4)21-7-6-16(18)28-20;1-5-4-2-3-4/h6-7,9-11,15,27H,8H2,1-5H3,(H,22,23,24);4-5H,2-3H2,1H3. The lowest BCUT2D eigenvalue weighted by molar-refractivity contribution is -0.117. The maximum atomic E-state index is 10.8. The van der Waals surface area contributed by atoms with Crippen molar-refractivity contribution in [2.45, 2.75) is 72.1 Å². The zero-order valence-corrected chi connectivity index (χ0v) is 21.0. The maximum absolute atomic E-state index is 10.8. The number of hydrogen-bond acceptors (Lipinski definition) is 9. The zero-order valence-electron chi connectivity index (χ0n) is 20.2. The minimum atomic E-state index is -0.961. The Kier molecular flexibility index (Phi) is 8.45. The second-order valence-electron chi connectivity index (χ2n) is 8.79. The van der Waals surface area contributed by atoms with Crippen LogP contribution in [0.4, 0.5) is 5.82 Å². The number of rotatable bonds is 8. The number of pyridine rings is 1. The Balaban J connectivity index is 0.000000541. The second-order valence-corrected chi connectivity index (χ2v) is 9.82. The summed E-state index contributed by atoms with van der Waals surface area (Å²) in [7, 11) is 2.01. The van der Waals surface area contributed by atoms with Crippen molar-refractivity contribution in [2.24, 2.45) is 5.92 Å². The van der Waals surface area contributed by atoms with E-state index in [1.807, 2.05) is 47.7 Å². The first-order chi connectivity index (χ1) is 15.7. The summed E-state index contributed by atoms with van der Waals surface area (Å²) in [4.78, 5) is 29.1. The third-order valence-corrected chi connectivity index (χ3v) is 6.76. The first-order valence-corrected chi connectivity index (χ1v) is 12.2. The third kappa shape index (κ3) is 6.52. The maximum Gasteiger partial charge on any atom is 0.148 e. The SMILES string of the molecule is CNC1CC1.Cc1nc(C)c(-c2nc3c(C)nccc3s2)c(NC(C)CC(C)C(O)C=O)n1. The number of aldehydes is 1. The molecule has 0 bridgehead atoms. The van der Waals surface area contributed by atoms with E-state index < -0.39 is 6.10 Å². The van der Waals surface area contributed by atoms with Crippen molar-refractivity contribution in [3.63, 3.8) is 0 Å². The summed E-state index contributed by atoms with van der Waals surface area (Å²) in [5.41, 5.74) is 3.52. The Bertz CT molecular complexity index is 1100. The number of aliphatic hydroxyl groups excluding tert-OH is 1. The van der Waals surface area contributed by atoms with Crippen molar-refractivity contribution in [1.29, 1.82) is 0 Å². The number of aryl methyl sites for hydroxylation is 3. The molecule has 3 atom stereocenters. The van der Waals surface area contributed by atoms with Crippen LogP contribution in [0.2, 0.25) is 0 Å². The van der Waals surface area contributed by atoms with Gasteiger partial charge in [-0.3, -0.25) is 4.98 Å². The molecule has 1 aliphatic carbocycles. The van der Waals surface area contributed by atoms with E-state index in [1.54, 1.807) is 17.5 Å². The minimum Gasteiger partial charge on any atom is -0.385 e. The smallest absolute Gasteiger partial charge is 0.148 e. The van der Waals surface area contributed by atoms with Crippen LogP contribution in [-0.2, 0) is 4.79 Å². The first-order valence-electron chi connectivity index (χ1n) is 11.4. The average Bonchev–Trinajstić information content (AvgIpc) is 3.51. The number of thiazole rings is 1. The van der Waals surface area contributed by atoms with Crippen molar-refractivity contribution in [3.05, 3.63) is 29.5 Å². The number of carbonyl (C=O) groups excluding carboxylic acids is 1. The van der Waals surface area contributed by atoms with Gasteiger partial charge in [-0.25, -0.2) is 15.0 Å². The van der Waals surface area contributed by atoms with Gasteiger partial charge in [-0.2, -0.15) is 0 Å². The van der Waals surface area contributed by atoms with E-state index in [0.29, 0.717) is 18.5 Å². The largest absolute Gasteiger partial charge is 0.385 e. The molecule has 0 radical (unpaired) electrons. The van der Waals surface area contributed by atoms with E-state index in [-0.39, 0.29) is 12.0 Å². The molecule has 0 spiro atoms. The second kappa shape index (κ2) is 11.1. The fourth-order valence-corrected chi connectivity index (χ4v) is 4.77. The Morgan fingerprint density at radius 2 is 1.91 bits per heavy atom. The molecule has 0 amide bonds. The van der Waals surface area contributed by atoms with Gasteiger partial charge in [0.05, 0.1) is 21.7 Å². The lowest BCUT2D eigenvalue weighted by Gasteiger charge is -2.22. The normalized spacial score (nSPS) is 16.0. The van der Waals surface area contributed by atoms with Gasteiger partial charge >= 0.3 is 0 Å². The summed E-state index contributed by atoms with van der Waals surface area (Å²) >= 11 is 1.59. The molecule has 33 heavy (non-hydrogen) atoms. The summed E-state index contributed by atoms with van der Waals surface area (Å²) in [5.74, 6) is 1.24. The highest BCUT2D eigenvalue weighted by Crippen LogP contribution is 2.36. The van der Waals surface area contributed by atoms with Gasteiger partial charge in [0.2, 0.25) is 0 Å². The number of fused-ring (bicyclic) bond motifs is 1. The predicted octanol–water partition coefficient (Wildman–Crippen LogP) is 3.83. The molecular formula is C24H34N6O2S. The van der Waals surface area contributed by atoms with E-state index in [1.165, 1.54) is 12.8 Å². The molecular weight excluding hydrogens is 436 g/mol. The number of carbonyl (C=O) groups is 1. The summed E-state index contributed by atoms with van der Waals surface area (Å²) in [6, 6.07) is 2.86. The lowest BCUT2D eigenvalue weighted by Crippen LogP contribution is -2.27. The van der Waals surface area contributed by atoms with Gasteiger partial charge in [-0.1, -0.05) is 6.92 Å². The van der Waals surface area contributed by atoms with Crippen molar-refractivity contribution in [1.82, 2.24) is 25.3 Å². The molecule has 0 aromatic carbocycles. The molecule has 3 aromatic rings. The van der Waals surface area contributed by atoms with Crippen molar-refractivity contribution < 1.29 is 9.90 Å². The molecule has 4 rings (SSSR count). The van der Waals surface area contributed by atoms with Crippen molar-refractivity contribution in [2.75, 3.05) is 12.4 Å². The Labute approximate surface area is 199 Å². The van der Waals surface area contributed by atoms with Gasteiger partial charge in [0.25, 0.3) is 0 Å². The van der Waals surface area contributed by atoms with Gasteiger partial charge in [-0.15, -0.1) is 11.3 Å². The predicted molar refractivity (Wildman–Crippen MR) is 134 cm³/mol. The zero-order chi connectivity index (χ0) is 24.1. The highest BCUT2D eigenvalue weighted by molar-refractivity contribution is 7.21. The Morgan fingerprint density at radius 3 is 2.48 bits per heavy atom. The van der Waals surface area contributed by atoms with E-state index in [9.17, 15) is 9.90 Å². The van der Waals surface area contributed by atoms with E-state index in [4.69, 9.17) is 4.98 Å². The fraction of sp³-hybridized carbons (Fsp3) is 0.542. The molecule has 3 aromatic heterocycles. The van der Waals surface area contributed by atoms with Gasteiger partial charge in [0.15, 0.2) is 0 Å². The van der Waals surface area contributed by atoms with Gasteiger partial charge in [-0.05, 0) is 66.0 Å². The van der Waals surface area contributed by atoms with Gasteiger partial charge < -0.3 is 20.5 Å². The molecule has 1 saturated carbocycles. The summed E-state index contributed by atoms with van der Waals surface area (Å²) in [6.45, 7) is 9.63. The fourth-order valence-electron chi connectivity index (χ4n) is 3.66. The molecule has 3 heterocycles. The molecule has 9 heteroatoms. The van der Waals surface area contributed by atoms with Crippen molar-refractivity contribution >= 4 is 33.7 Å². The topological polar surface area (TPSA) is 113 Å². The molecule has 0 saturated heterocycles. The average molecular weight is 471 g/mol. The van der Waals surface area contributed by atoms with E-state index in [2.05, 4.69) is 25.6 Å². The molecule has 178 valence electrons. The molecule has 3 N–H and O–H groups in total. The monoisotopic (exact) mass is 470 g/mol. The molecule has 3 unspecified atom stereocenters. The van der Waals surface area contributed by atoms with Crippen LogP contribution >= 0.6 is 11.3 Å². The van der Waals surface area contributed by atoms with Crippen LogP contribution in [0.25, 0.3) is 20.8 Å². The molecule has 1 aliphatic rings. The number of anilines is 1. The third-order valence-electron chi connectivity index (χ3n) is 5.72. The number of aliphatic hydroxyl groups is 1. The van der Waals surface area contributed by atoms with Crippen LogP contribution < -0.4 is 10.6 Å². The quantitative estimate of drug-likeness (QED) is 0.426. The van der Waals surface area contributed by atoms with Crippen LogP contribution in [0.3, 0.4) is 0 Å². The molecule has 8 nitrogen and oxygen atoms in total. The van der Waals surface area contributed by atoms with Crippen LogP contribution in [0.1, 0.15) is 50.3 Å². The Morgan fingerprint density at radius 1 is 1.18 bits per heavy atom. The van der Waals surface area contributed by atoms with E-state index in [0.717, 1.165) is 44.0 Å². The Hall–Kier alpha value is -2.49. The summed E-state index contributed by atoms with van der Waals surface area (Å²) in [5, 5.41) is 17.2. The number of aromatic nitrogens is 4. The molecule has 0 aliphatic heterocycles. The number of nitrogens with one attached hydrogen (secondary N) is 2. The van der Waals surface area contributed by atoms with Crippen LogP contribution in [0.5, 0.6) is 0 Å². The summed E-state index contributed by atoms with van der Waals surface area (Å²) < 4.78 is 1.07. The minimum absolute atomic E-state index is 0.00910. The van der Waals surface area contributed by atoms with Gasteiger partial charge in [0.1, 0.15) is 34.6 Å². The van der Waals surface area contributed by atoms with Crippen molar-refractivity contribution in [3.8, 4) is 10.6 Å². The highest BCUT2D eigenvalue weighted by atomic mass is 32.1. The van der Waals surface area contributed by atoms with Crippen LogP contribution in [0, 0.1) is 26.7 Å². The lowest BCUT2D eigenvalue weighted by atomic mass is 9.97. The van der Waals surface area contributed by atoms with Gasteiger partial charge in [0, 0.05) is 18.3 Å². The first kappa shape index (κ1) is 25.1. The van der Waals surface area contributed by atoms with Crippen LogP contribution in [0.15, 0.2) is 12.3 Å². The number of nitrogens with zero attached hydrogens (tertiary/aromatic N) is 4. The molecule has 1 fully saturated rings. The number of hydrogen-bond donors (Lipinski definition) is 3. The van der Waals surface area contributed by atoms with E-state index >= 15 is 0 Å². The van der Waals surface area contributed by atoms with Crippen LogP contribution in [-0.4, -0.2) is 56.6 Å². The highest BCUT2D eigenvalue weighted by Gasteiger charge is 2.21. The summed E-state index contributed by atoms with van der Waals surface area (Å²) in [6.07, 6.45) is 4.84.